The van der Waals surface area contributed by atoms with E-state index < -0.39 is 0 Å². The third kappa shape index (κ3) is 1.96. The maximum absolute atomic E-state index is 5.72. The smallest absolute Gasteiger partial charge is 0.0320 e. The monoisotopic (exact) mass is 247 g/mol. The molecule has 0 unspecified atom stereocenters. The van der Waals surface area contributed by atoms with Crippen LogP contribution in [-0.4, -0.2) is 0 Å². The molecule has 0 aromatic heterocycles. The van der Waals surface area contributed by atoms with Gasteiger partial charge in [0.15, 0.2) is 0 Å². The zero-order chi connectivity index (χ0) is 9.97. The highest BCUT2D eigenvalue weighted by atomic mass is 79.9. The van der Waals surface area contributed by atoms with Crippen molar-refractivity contribution >= 4 is 21.6 Å². The Morgan fingerprint density at radius 3 is 2.21 bits per heavy atom. The van der Waals surface area contributed by atoms with Gasteiger partial charge in [-0.05, 0) is 35.4 Å². The van der Waals surface area contributed by atoms with Crippen molar-refractivity contribution in [2.24, 2.45) is 0 Å². The van der Waals surface area contributed by atoms with Crippen LogP contribution in [0.2, 0.25) is 0 Å². The van der Waals surface area contributed by atoms with Crippen molar-refractivity contribution in [1.29, 1.82) is 0 Å². The first kappa shape index (κ1) is 9.28. The van der Waals surface area contributed by atoms with Gasteiger partial charge in [-0.3, -0.25) is 0 Å². The molecule has 0 aliphatic heterocycles. The van der Waals surface area contributed by atoms with Crippen molar-refractivity contribution in [3.05, 3.63) is 53.0 Å². The second-order valence-electron chi connectivity index (χ2n) is 3.13. The Kier molecular flexibility index (Phi) is 2.55. The van der Waals surface area contributed by atoms with Crippen molar-refractivity contribution in [1.82, 2.24) is 0 Å². The lowest BCUT2D eigenvalue weighted by Gasteiger charge is -2.02. The lowest BCUT2D eigenvalue weighted by atomic mass is 10.1. The van der Waals surface area contributed by atoms with E-state index in [-0.39, 0.29) is 0 Å². The van der Waals surface area contributed by atoms with Crippen molar-refractivity contribution in [2.45, 2.75) is 0 Å². The molecule has 2 N–H and O–H groups in total. The summed E-state index contributed by atoms with van der Waals surface area (Å²) in [5.74, 6) is 0. The van der Waals surface area contributed by atoms with Gasteiger partial charge in [0, 0.05) is 10.2 Å². The molecule has 0 saturated carbocycles. The van der Waals surface area contributed by atoms with Gasteiger partial charge >= 0.3 is 0 Å². The third-order valence-electron chi connectivity index (χ3n) is 2.06. The first-order chi connectivity index (χ1) is 6.75. The van der Waals surface area contributed by atoms with E-state index in [1.807, 2.05) is 30.3 Å². The lowest BCUT2D eigenvalue weighted by Crippen LogP contribution is -1.84. The van der Waals surface area contributed by atoms with E-state index >= 15 is 0 Å². The lowest BCUT2D eigenvalue weighted by molar-refractivity contribution is 1.59. The van der Waals surface area contributed by atoms with E-state index in [2.05, 4.69) is 34.1 Å². The number of nitrogen functional groups attached to an aromatic ring is 1. The summed E-state index contributed by atoms with van der Waals surface area (Å²) in [4.78, 5) is 0. The quantitative estimate of drug-likeness (QED) is 0.765. The van der Waals surface area contributed by atoms with Crippen LogP contribution in [0.5, 0.6) is 0 Å². The molecule has 1 nitrogen and oxygen atoms in total. The average molecular weight is 248 g/mol. The summed E-state index contributed by atoms with van der Waals surface area (Å²) in [6.45, 7) is 0. The molecule has 0 spiro atoms. The van der Waals surface area contributed by atoms with Crippen LogP contribution in [0.1, 0.15) is 0 Å². The van der Waals surface area contributed by atoms with Crippen molar-refractivity contribution in [2.75, 3.05) is 5.73 Å². The van der Waals surface area contributed by atoms with Gasteiger partial charge in [0.2, 0.25) is 0 Å². The number of nitrogens with two attached hydrogens (primary N) is 1. The van der Waals surface area contributed by atoms with Gasteiger partial charge in [-0.25, -0.2) is 0 Å². The molecular weight excluding hydrogens is 238 g/mol. The standard InChI is InChI=1S/C12H10BrN/c13-11-6-4-9(5-7-11)10-2-1-3-12(14)8-10/h1-8H,14H2. The second-order valence-corrected chi connectivity index (χ2v) is 4.05. The fraction of sp³-hybridized carbons (Fsp3) is 0. The third-order valence-corrected chi connectivity index (χ3v) is 2.59. The summed E-state index contributed by atoms with van der Waals surface area (Å²) in [5, 5.41) is 0. The summed E-state index contributed by atoms with van der Waals surface area (Å²) < 4.78 is 1.09. The Labute approximate surface area is 91.7 Å². The molecule has 2 aromatic carbocycles. The van der Waals surface area contributed by atoms with Gasteiger partial charge in [-0.15, -0.1) is 0 Å². The van der Waals surface area contributed by atoms with Crippen LogP contribution in [0, 0.1) is 0 Å². The van der Waals surface area contributed by atoms with E-state index in [9.17, 15) is 0 Å². The van der Waals surface area contributed by atoms with E-state index in [0.717, 1.165) is 15.7 Å². The summed E-state index contributed by atoms with van der Waals surface area (Å²) in [6.07, 6.45) is 0. The normalized spacial score (nSPS) is 10.1. The maximum Gasteiger partial charge on any atom is 0.0320 e. The minimum absolute atomic E-state index is 0.797. The molecular formula is C12H10BrN. The molecule has 2 heteroatoms. The van der Waals surface area contributed by atoms with Crippen molar-refractivity contribution in [3.8, 4) is 11.1 Å². The van der Waals surface area contributed by atoms with Crippen LogP contribution in [-0.2, 0) is 0 Å². The Bertz CT molecular complexity index is 434. The highest BCUT2D eigenvalue weighted by molar-refractivity contribution is 9.10. The molecule has 14 heavy (non-hydrogen) atoms. The number of hydrogen-bond donors (Lipinski definition) is 1. The van der Waals surface area contributed by atoms with Gasteiger partial charge in [0.05, 0.1) is 0 Å². The largest absolute Gasteiger partial charge is 0.399 e. The molecule has 0 fully saturated rings. The van der Waals surface area contributed by atoms with Crippen LogP contribution >= 0.6 is 15.9 Å². The highest BCUT2D eigenvalue weighted by Crippen LogP contribution is 2.22. The summed E-state index contributed by atoms with van der Waals surface area (Å²) in [7, 11) is 0. The molecule has 70 valence electrons. The topological polar surface area (TPSA) is 26.0 Å². The predicted octanol–water partition coefficient (Wildman–Crippen LogP) is 3.70. The van der Waals surface area contributed by atoms with Gasteiger partial charge in [0.25, 0.3) is 0 Å². The summed E-state index contributed by atoms with van der Waals surface area (Å²) in [5.41, 5.74) is 8.84. The second kappa shape index (κ2) is 3.84. The molecule has 0 amide bonds. The Balaban J connectivity index is 2.44. The van der Waals surface area contributed by atoms with Crippen LogP contribution in [0.3, 0.4) is 0 Å². The molecule has 2 rings (SSSR count). The van der Waals surface area contributed by atoms with E-state index in [1.54, 1.807) is 0 Å². The molecule has 0 atom stereocenters. The fourth-order valence-electron chi connectivity index (χ4n) is 1.36. The van der Waals surface area contributed by atoms with Crippen molar-refractivity contribution in [3.63, 3.8) is 0 Å². The summed E-state index contributed by atoms with van der Waals surface area (Å²) in [6, 6.07) is 16.1. The number of anilines is 1. The van der Waals surface area contributed by atoms with Crippen LogP contribution in [0.25, 0.3) is 11.1 Å². The fourth-order valence-corrected chi connectivity index (χ4v) is 1.62. The number of halogens is 1. The average Bonchev–Trinajstić information content (AvgIpc) is 2.19. The maximum atomic E-state index is 5.72. The zero-order valence-electron chi connectivity index (χ0n) is 7.57. The van der Waals surface area contributed by atoms with Gasteiger partial charge in [-0.2, -0.15) is 0 Å². The Hall–Kier alpha value is -1.28. The molecule has 0 bridgehead atoms. The minimum Gasteiger partial charge on any atom is -0.399 e. The van der Waals surface area contributed by atoms with Gasteiger partial charge < -0.3 is 5.73 Å². The van der Waals surface area contributed by atoms with Crippen LogP contribution < -0.4 is 5.73 Å². The molecule has 0 heterocycles. The molecule has 2 aromatic rings. The molecule has 0 radical (unpaired) electrons. The SMILES string of the molecule is Nc1cccc(-c2ccc(Br)cc2)c1. The van der Waals surface area contributed by atoms with E-state index in [1.165, 1.54) is 5.56 Å². The van der Waals surface area contributed by atoms with Gasteiger partial charge in [0.1, 0.15) is 0 Å². The van der Waals surface area contributed by atoms with E-state index in [0.29, 0.717) is 0 Å². The highest BCUT2D eigenvalue weighted by Gasteiger charge is 1.96. The Morgan fingerprint density at radius 1 is 0.857 bits per heavy atom. The van der Waals surface area contributed by atoms with Gasteiger partial charge in [-0.1, -0.05) is 40.2 Å². The number of rotatable bonds is 1. The number of benzene rings is 2. The first-order valence-electron chi connectivity index (χ1n) is 4.37. The number of hydrogen-bond acceptors (Lipinski definition) is 1. The van der Waals surface area contributed by atoms with Crippen molar-refractivity contribution < 1.29 is 0 Å². The molecule has 0 aliphatic carbocycles. The van der Waals surface area contributed by atoms with E-state index in [4.69, 9.17) is 5.73 Å². The summed E-state index contributed by atoms with van der Waals surface area (Å²) >= 11 is 3.41. The first-order valence-corrected chi connectivity index (χ1v) is 5.16. The minimum atomic E-state index is 0.797. The molecule has 0 saturated heterocycles. The zero-order valence-corrected chi connectivity index (χ0v) is 9.16. The predicted molar refractivity (Wildman–Crippen MR) is 64.0 cm³/mol. The molecule has 0 aliphatic rings. The Morgan fingerprint density at radius 2 is 1.57 bits per heavy atom. The van der Waals surface area contributed by atoms with Crippen LogP contribution in [0.15, 0.2) is 53.0 Å². The van der Waals surface area contributed by atoms with Crippen LogP contribution in [0.4, 0.5) is 5.69 Å².